The second kappa shape index (κ2) is 7.69. The Hall–Kier alpha value is -1.22. The first-order valence-corrected chi connectivity index (χ1v) is 9.23. The largest absolute Gasteiger partial charge is 0.312 e. The summed E-state index contributed by atoms with van der Waals surface area (Å²) >= 11 is 1.46. The van der Waals surface area contributed by atoms with Gasteiger partial charge in [-0.05, 0) is 25.1 Å². The maximum absolute atomic E-state index is 12.1. The molecule has 0 bridgehead atoms. The highest BCUT2D eigenvalue weighted by molar-refractivity contribution is 7.89. The summed E-state index contributed by atoms with van der Waals surface area (Å²) in [5.41, 5.74) is 0. The second-order valence-electron chi connectivity index (χ2n) is 4.55. The number of nitrogens with zero attached hydrogens (tertiary/aromatic N) is 2. The average molecular weight is 328 g/mol. The fraction of sp³-hybridized carbons (Fsp3) is 0.462. The van der Waals surface area contributed by atoms with Crippen molar-refractivity contribution in [3.05, 3.63) is 34.8 Å². The molecule has 0 fully saturated rings. The van der Waals surface area contributed by atoms with Crippen LogP contribution in [0.1, 0.15) is 18.2 Å². The minimum absolute atomic E-state index is 0.347. The summed E-state index contributed by atoms with van der Waals surface area (Å²) in [5, 5.41) is 8.94. The van der Waals surface area contributed by atoms with Crippen LogP contribution in [0.4, 0.5) is 0 Å². The molecule has 2 heterocycles. The lowest BCUT2D eigenvalue weighted by molar-refractivity contribution is 0.553. The maximum atomic E-state index is 12.1. The zero-order chi connectivity index (χ0) is 15.1. The smallest absolute Gasteiger partial charge is 0.241 e. The van der Waals surface area contributed by atoms with Gasteiger partial charge >= 0.3 is 0 Å². The Morgan fingerprint density at radius 1 is 1.43 bits per heavy atom. The maximum Gasteiger partial charge on any atom is 0.241 e. The van der Waals surface area contributed by atoms with Crippen LogP contribution in [0.25, 0.3) is 0 Å². The van der Waals surface area contributed by atoms with Crippen LogP contribution in [-0.4, -0.2) is 31.3 Å². The quantitative estimate of drug-likeness (QED) is 0.683. The minimum Gasteiger partial charge on any atom is -0.312 e. The lowest BCUT2D eigenvalue weighted by Crippen LogP contribution is -2.25. The predicted molar refractivity (Wildman–Crippen MR) is 83.7 cm³/mol. The number of nitrogens with one attached hydrogen (secondary N) is 2. The van der Waals surface area contributed by atoms with Crippen molar-refractivity contribution in [2.24, 2.45) is 0 Å². The van der Waals surface area contributed by atoms with Gasteiger partial charge in [0.1, 0.15) is 0 Å². The van der Waals surface area contributed by atoms with Gasteiger partial charge in [0.2, 0.25) is 10.0 Å². The van der Waals surface area contributed by atoms with Crippen molar-refractivity contribution in [1.29, 1.82) is 0 Å². The topological polar surface area (TPSA) is 76.0 Å². The Morgan fingerprint density at radius 3 is 3.00 bits per heavy atom. The lowest BCUT2D eigenvalue weighted by atomic mass is 10.4. The van der Waals surface area contributed by atoms with Gasteiger partial charge in [-0.3, -0.25) is 4.68 Å². The number of hydrogen-bond acceptors (Lipinski definition) is 5. The van der Waals surface area contributed by atoms with Crippen LogP contribution in [-0.2, 0) is 23.1 Å². The van der Waals surface area contributed by atoms with Crippen LogP contribution in [0, 0.1) is 0 Å². The van der Waals surface area contributed by atoms with Crippen molar-refractivity contribution in [2.45, 2.75) is 31.3 Å². The third-order valence-electron chi connectivity index (χ3n) is 2.90. The van der Waals surface area contributed by atoms with E-state index in [1.807, 2.05) is 19.2 Å². The summed E-state index contributed by atoms with van der Waals surface area (Å²) < 4.78 is 28.7. The van der Waals surface area contributed by atoms with Gasteiger partial charge in [0.15, 0.2) is 0 Å². The SMILES string of the molecule is CCNCc1cc(S(=O)(=O)NCCCn2cccn2)cs1. The molecule has 0 atom stereocenters. The molecule has 2 aromatic rings. The average Bonchev–Trinajstić information content (AvgIpc) is 3.13. The standard InChI is InChI=1S/C13H20N4O2S2/c1-2-14-10-12-9-13(11-20-12)21(18,19)16-6-4-8-17-7-3-5-15-17/h3,5,7,9,11,14,16H,2,4,6,8,10H2,1H3. The van der Waals surface area contributed by atoms with Gasteiger partial charge in [-0.15, -0.1) is 11.3 Å². The molecule has 2 N–H and O–H groups in total. The highest BCUT2D eigenvalue weighted by Crippen LogP contribution is 2.18. The molecule has 0 saturated carbocycles. The van der Waals surface area contributed by atoms with E-state index in [1.54, 1.807) is 22.3 Å². The van der Waals surface area contributed by atoms with E-state index in [4.69, 9.17) is 0 Å². The number of thiophene rings is 1. The fourth-order valence-electron chi connectivity index (χ4n) is 1.81. The Balaban J connectivity index is 1.82. The van der Waals surface area contributed by atoms with Gasteiger partial charge in [0.05, 0.1) is 4.90 Å². The summed E-state index contributed by atoms with van der Waals surface area (Å²) in [7, 11) is -3.40. The number of sulfonamides is 1. The molecule has 0 spiro atoms. The zero-order valence-corrected chi connectivity index (χ0v) is 13.6. The van der Waals surface area contributed by atoms with E-state index in [2.05, 4.69) is 15.1 Å². The zero-order valence-electron chi connectivity index (χ0n) is 11.9. The van der Waals surface area contributed by atoms with E-state index in [9.17, 15) is 8.42 Å². The molecule has 2 aromatic heterocycles. The lowest BCUT2D eigenvalue weighted by Gasteiger charge is -2.05. The number of rotatable bonds is 9. The van der Waals surface area contributed by atoms with Gasteiger partial charge in [-0.2, -0.15) is 5.10 Å². The van der Waals surface area contributed by atoms with Gasteiger partial charge in [0.25, 0.3) is 0 Å². The predicted octanol–water partition coefficient (Wildman–Crippen LogP) is 1.42. The molecule has 0 radical (unpaired) electrons. The summed E-state index contributed by atoms with van der Waals surface area (Å²) in [4.78, 5) is 1.37. The van der Waals surface area contributed by atoms with Crippen LogP contribution in [0.3, 0.4) is 0 Å². The molecule has 0 aliphatic rings. The van der Waals surface area contributed by atoms with Crippen molar-refractivity contribution in [3.8, 4) is 0 Å². The first-order valence-electron chi connectivity index (χ1n) is 6.87. The molecule has 21 heavy (non-hydrogen) atoms. The first-order chi connectivity index (χ1) is 10.1. The monoisotopic (exact) mass is 328 g/mol. The molecule has 0 amide bonds. The highest BCUT2D eigenvalue weighted by atomic mass is 32.2. The molecular weight excluding hydrogens is 308 g/mol. The van der Waals surface area contributed by atoms with Gasteiger partial charge < -0.3 is 5.32 Å². The van der Waals surface area contributed by atoms with Crippen LogP contribution in [0.2, 0.25) is 0 Å². The van der Waals surface area contributed by atoms with Gasteiger partial charge in [-0.25, -0.2) is 13.1 Å². The van der Waals surface area contributed by atoms with E-state index in [1.165, 1.54) is 11.3 Å². The van der Waals surface area contributed by atoms with Crippen molar-refractivity contribution < 1.29 is 8.42 Å². The van der Waals surface area contributed by atoms with E-state index in [-0.39, 0.29) is 0 Å². The summed E-state index contributed by atoms with van der Waals surface area (Å²) in [5.74, 6) is 0. The molecular formula is C13H20N4O2S2. The third-order valence-corrected chi connectivity index (χ3v) is 5.43. The Bertz CT molecular complexity index is 635. The third kappa shape index (κ3) is 4.92. The molecule has 8 heteroatoms. The molecule has 116 valence electrons. The molecule has 0 aromatic carbocycles. The van der Waals surface area contributed by atoms with E-state index < -0.39 is 10.0 Å². The second-order valence-corrected chi connectivity index (χ2v) is 7.31. The Kier molecular flexibility index (Phi) is 5.92. The Morgan fingerprint density at radius 2 is 2.29 bits per heavy atom. The molecule has 6 nitrogen and oxygen atoms in total. The number of aryl methyl sites for hydroxylation is 1. The van der Waals surface area contributed by atoms with Crippen molar-refractivity contribution in [1.82, 2.24) is 19.8 Å². The molecule has 0 aliphatic heterocycles. The van der Waals surface area contributed by atoms with Crippen LogP contribution in [0.15, 0.2) is 34.8 Å². The van der Waals surface area contributed by atoms with E-state index in [0.29, 0.717) is 31.0 Å². The minimum atomic E-state index is -3.40. The van der Waals surface area contributed by atoms with E-state index in [0.717, 1.165) is 11.4 Å². The fourth-order valence-corrected chi connectivity index (χ4v) is 4.12. The summed E-state index contributed by atoms with van der Waals surface area (Å²) in [6.07, 6.45) is 4.27. The van der Waals surface area contributed by atoms with Crippen LogP contribution >= 0.6 is 11.3 Å². The number of hydrogen-bond donors (Lipinski definition) is 2. The Labute approximate surface area is 129 Å². The van der Waals surface area contributed by atoms with Crippen molar-refractivity contribution in [3.63, 3.8) is 0 Å². The van der Waals surface area contributed by atoms with Gasteiger partial charge in [0, 0.05) is 42.3 Å². The number of aromatic nitrogens is 2. The van der Waals surface area contributed by atoms with Crippen molar-refractivity contribution >= 4 is 21.4 Å². The van der Waals surface area contributed by atoms with Crippen LogP contribution in [0.5, 0.6) is 0 Å². The van der Waals surface area contributed by atoms with Crippen molar-refractivity contribution in [2.75, 3.05) is 13.1 Å². The first kappa shape index (κ1) is 16.2. The van der Waals surface area contributed by atoms with E-state index >= 15 is 0 Å². The molecule has 0 aliphatic carbocycles. The molecule has 2 rings (SSSR count). The molecule has 0 saturated heterocycles. The summed E-state index contributed by atoms with van der Waals surface area (Å²) in [6.45, 7) is 4.69. The van der Waals surface area contributed by atoms with Gasteiger partial charge in [-0.1, -0.05) is 6.92 Å². The summed E-state index contributed by atoms with van der Waals surface area (Å²) in [6, 6.07) is 3.57. The normalized spacial score (nSPS) is 11.9. The molecule has 0 unspecified atom stereocenters. The van der Waals surface area contributed by atoms with Crippen LogP contribution < -0.4 is 10.0 Å². The highest BCUT2D eigenvalue weighted by Gasteiger charge is 2.15.